The van der Waals surface area contributed by atoms with Crippen molar-refractivity contribution >= 4 is 10.4 Å². The van der Waals surface area contributed by atoms with Crippen LogP contribution in [0.3, 0.4) is 0 Å². The standard InChI is InChI=1S/C12H26O5S.Na.H/c1-3-5-6-7-8-9-10-11-12-16-18(13,14)17-15-4-2;;/h3-12H2,1-2H3;;/q;+1;-1. The maximum absolute atomic E-state index is 11.0. The second-order valence-electron chi connectivity index (χ2n) is 4.18. The molecule has 0 atom stereocenters. The molecule has 0 heterocycles. The van der Waals surface area contributed by atoms with Crippen molar-refractivity contribution in [1.29, 1.82) is 0 Å². The van der Waals surface area contributed by atoms with E-state index in [1.54, 1.807) is 6.92 Å². The van der Waals surface area contributed by atoms with Crippen molar-refractivity contribution in [1.82, 2.24) is 0 Å². The second-order valence-corrected chi connectivity index (χ2v) is 5.37. The van der Waals surface area contributed by atoms with Gasteiger partial charge in [-0.2, -0.15) is 8.42 Å². The molecule has 0 unspecified atom stereocenters. The third-order valence-corrected chi connectivity index (χ3v) is 3.19. The fraction of sp³-hybridized carbons (Fsp3) is 1.00. The van der Waals surface area contributed by atoms with Gasteiger partial charge in [0.25, 0.3) is 0 Å². The molecular weight excluding hydrogens is 279 g/mol. The predicted molar refractivity (Wildman–Crippen MR) is 71.3 cm³/mol. The van der Waals surface area contributed by atoms with E-state index in [0.717, 1.165) is 19.3 Å². The molecular formula is C12H27NaO5S. The van der Waals surface area contributed by atoms with Crippen LogP contribution in [0.15, 0.2) is 0 Å². The van der Waals surface area contributed by atoms with Gasteiger partial charge in [0.05, 0.1) is 13.2 Å². The molecule has 0 bridgehead atoms. The van der Waals surface area contributed by atoms with Gasteiger partial charge in [0.1, 0.15) is 0 Å². The van der Waals surface area contributed by atoms with Crippen LogP contribution in [0.2, 0.25) is 0 Å². The summed E-state index contributed by atoms with van der Waals surface area (Å²) in [5.74, 6) is 0. The van der Waals surface area contributed by atoms with Crippen LogP contribution >= 0.6 is 0 Å². The molecule has 5 nitrogen and oxygen atoms in total. The Labute approximate surface area is 141 Å². The van der Waals surface area contributed by atoms with E-state index in [4.69, 9.17) is 0 Å². The summed E-state index contributed by atoms with van der Waals surface area (Å²) in [4.78, 5) is 4.32. The molecule has 0 amide bonds. The molecule has 0 saturated carbocycles. The first-order valence-electron chi connectivity index (χ1n) is 6.82. The van der Waals surface area contributed by atoms with Crippen LogP contribution in [0.5, 0.6) is 0 Å². The van der Waals surface area contributed by atoms with Crippen molar-refractivity contribution in [3.8, 4) is 0 Å². The van der Waals surface area contributed by atoms with E-state index in [1.165, 1.54) is 32.1 Å². The summed E-state index contributed by atoms with van der Waals surface area (Å²) in [6.07, 6.45) is 9.16. The first-order chi connectivity index (χ1) is 8.62. The Morgan fingerprint density at radius 2 is 1.42 bits per heavy atom. The van der Waals surface area contributed by atoms with E-state index in [0.29, 0.717) is 0 Å². The van der Waals surface area contributed by atoms with Crippen molar-refractivity contribution < 1.29 is 52.8 Å². The molecule has 0 saturated heterocycles. The summed E-state index contributed by atoms with van der Waals surface area (Å²) >= 11 is 0. The van der Waals surface area contributed by atoms with Gasteiger partial charge in [-0.05, 0) is 13.3 Å². The Morgan fingerprint density at radius 1 is 0.895 bits per heavy atom. The zero-order valence-corrected chi connectivity index (χ0v) is 15.3. The summed E-state index contributed by atoms with van der Waals surface area (Å²) in [6, 6.07) is 0. The van der Waals surface area contributed by atoms with Crippen molar-refractivity contribution in [2.24, 2.45) is 0 Å². The molecule has 0 N–H and O–H groups in total. The van der Waals surface area contributed by atoms with Crippen molar-refractivity contribution in [2.75, 3.05) is 13.2 Å². The van der Waals surface area contributed by atoms with Crippen LogP contribution in [0, 0.1) is 0 Å². The molecule has 0 aromatic heterocycles. The van der Waals surface area contributed by atoms with E-state index in [1.807, 2.05) is 0 Å². The van der Waals surface area contributed by atoms with Crippen LogP contribution in [0.1, 0.15) is 66.6 Å². The Bertz CT molecular complexity index is 275. The normalized spacial score (nSPS) is 11.3. The minimum Gasteiger partial charge on any atom is -1.00 e. The quantitative estimate of drug-likeness (QED) is 0.214. The Hall–Kier alpha value is 0.830. The van der Waals surface area contributed by atoms with E-state index >= 15 is 0 Å². The molecule has 0 fully saturated rings. The van der Waals surface area contributed by atoms with Crippen LogP contribution in [-0.4, -0.2) is 21.6 Å². The minimum absolute atomic E-state index is 0. The molecule has 0 aromatic rings. The first kappa shape index (κ1) is 22.1. The van der Waals surface area contributed by atoms with Gasteiger partial charge < -0.3 is 1.43 Å². The molecule has 7 heteroatoms. The van der Waals surface area contributed by atoms with Gasteiger partial charge in [0, 0.05) is 0 Å². The maximum Gasteiger partial charge on any atom is 1.00 e. The SMILES string of the molecule is CCCCCCCCCCOS(=O)(=O)OOCC.[H-].[Na+]. The third-order valence-electron chi connectivity index (χ3n) is 2.47. The van der Waals surface area contributed by atoms with Gasteiger partial charge in [0.15, 0.2) is 0 Å². The Balaban J connectivity index is -0.00000144. The van der Waals surface area contributed by atoms with Gasteiger partial charge in [-0.1, -0.05) is 56.2 Å². The zero-order valence-electron chi connectivity index (χ0n) is 13.5. The molecule has 0 aromatic carbocycles. The van der Waals surface area contributed by atoms with E-state index < -0.39 is 10.4 Å². The van der Waals surface area contributed by atoms with Crippen molar-refractivity contribution in [3.05, 3.63) is 0 Å². The number of unbranched alkanes of at least 4 members (excludes halogenated alkanes) is 7. The molecule has 0 rings (SSSR count). The van der Waals surface area contributed by atoms with Gasteiger partial charge >= 0.3 is 40.0 Å². The predicted octanol–water partition coefficient (Wildman–Crippen LogP) is 0.473. The maximum atomic E-state index is 11.0. The first-order valence-corrected chi connectivity index (χ1v) is 8.16. The summed E-state index contributed by atoms with van der Waals surface area (Å²) in [5, 5.41) is 0. The molecule has 112 valence electrons. The van der Waals surface area contributed by atoms with E-state index in [9.17, 15) is 8.42 Å². The van der Waals surface area contributed by atoms with Crippen LogP contribution in [0.25, 0.3) is 0 Å². The van der Waals surface area contributed by atoms with Gasteiger partial charge in [-0.3, -0.25) is 0 Å². The van der Waals surface area contributed by atoms with Crippen molar-refractivity contribution in [2.45, 2.75) is 65.2 Å². The second kappa shape index (κ2) is 15.2. The fourth-order valence-electron chi connectivity index (χ4n) is 1.52. The van der Waals surface area contributed by atoms with Crippen molar-refractivity contribution in [3.63, 3.8) is 0 Å². The minimum atomic E-state index is -3.97. The Kier molecular flexibility index (Phi) is 17.7. The van der Waals surface area contributed by atoms with Gasteiger partial charge in [-0.15, -0.1) is 0 Å². The topological polar surface area (TPSA) is 61.8 Å². The number of hydrogen-bond donors (Lipinski definition) is 0. The number of hydrogen-bond acceptors (Lipinski definition) is 5. The average molecular weight is 306 g/mol. The average Bonchev–Trinajstić information content (AvgIpc) is 2.34. The molecule has 0 spiro atoms. The van der Waals surface area contributed by atoms with E-state index in [-0.39, 0.29) is 44.2 Å². The molecule has 0 radical (unpaired) electrons. The van der Waals surface area contributed by atoms with Gasteiger partial charge in [-0.25, -0.2) is 9.07 Å². The number of rotatable bonds is 13. The summed E-state index contributed by atoms with van der Waals surface area (Å²) in [7, 11) is -3.97. The molecule has 0 aliphatic rings. The molecule has 0 aliphatic heterocycles. The molecule has 19 heavy (non-hydrogen) atoms. The zero-order chi connectivity index (χ0) is 13.7. The Morgan fingerprint density at radius 3 is 1.95 bits per heavy atom. The third kappa shape index (κ3) is 16.8. The van der Waals surface area contributed by atoms with E-state index in [2.05, 4.69) is 20.3 Å². The van der Waals surface area contributed by atoms with Crippen LogP contribution in [0.4, 0.5) is 0 Å². The summed E-state index contributed by atoms with van der Waals surface area (Å²) < 4.78 is 30.8. The monoisotopic (exact) mass is 306 g/mol. The van der Waals surface area contributed by atoms with Crippen LogP contribution in [-0.2, 0) is 23.8 Å². The summed E-state index contributed by atoms with van der Waals surface area (Å²) in [5.41, 5.74) is 0. The summed E-state index contributed by atoms with van der Waals surface area (Å²) in [6.45, 7) is 4.15. The fourth-order valence-corrected chi connectivity index (χ4v) is 2.10. The largest absolute Gasteiger partial charge is 1.00 e. The molecule has 0 aliphatic carbocycles. The van der Waals surface area contributed by atoms with Crippen LogP contribution < -0.4 is 29.6 Å². The smallest absolute Gasteiger partial charge is 1.00 e. The van der Waals surface area contributed by atoms with Gasteiger partial charge in [0.2, 0.25) is 0 Å².